The standard InChI is InChI=1S/C9H6N4/c1-3-10-5-8-9-6(1)12-13-7(9)2-4-11-8/h1-5H,(H,12,13). The van der Waals surface area contributed by atoms with Crippen LogP contribution in [0.25, 0.3) is 17.0 Å². The molecule has 1 aliphatic heterocycles. The normalized spacial score (nSPS) is 13.5. The van der Waals surface area contributed by atoms with Crippen molar-refractivity contribution in [2.24, 2.45) is 4.99 Å². The third-order valence-corrected chi connectivity index (χ3v) is 2.05. The van der Waals surface area contributed by atoms with Gasteiger partial charge < -0.3 is 0 Å². The lowest BCUT2D eigenvalue weighted by Gasteiger charge is -1.92. The smallest absolute Gasteiger partial charge is 0.0964 e. The fourth-order valence-electron chi connectivity index (χ4n) is 1.46. The number of aromatic nitrogens is 3. The van der Waals surface area contributed by atoms with E-state index in [1.807, 2.05) is 12.1 Å². The van der Waals surface area contributed by atoms with E-state index in [-0.39, 0.29) is 0 Å². The Kier molecular flexibility index (Phi) is 1.14. The van der Waals surface area contributed by atoms with Crippen LogP contribution in [0.5, 0.6) is 0 Å². The van der Waals surface area contributed by atoms with Gasteiger partial charge in [0.25, 0.3) is 0 Å². The van der Waals surface area contributed by atoms with Crippen molar-refractivity contribution in [3.63, 3.8) is 0 Å². The molecule has 1 aliphatic rings. The number of H-pyrrole nitrogens is 1. The van der Waals surface area contributed by atoms with Crippen molar-refractivity contribution >= 4 is 23.2 Å². The predicted molar refractivity (Wildman–Crippen MR) is 50.5 cm³/mol. The second kappa shape index (κ2) is 2.26. The molecule has 0 saturated carbocycles. The third-order valence-electron chi connectivity index (χ3n) is 2.05. The van der Waals surface area contributed by atoms with Crippen molar-refractivity contribution in [3.8, 4) is 0 Å². The molecule has 0 spiro atoms. The van der Waals surface area contributed by atoms with Gasteiger partial charge in [-0.3, -0.25) is 15.1 Å². The Morgan fingerprint density at radius 3 is 3.31 bits per heavy atom. The quantitative estimate of drug-likeness (QED) is 0.649. The van der Waals surface area contributed by atoms with Crippen molar-refractivity contribution in [1.82, 2.24) is 15.2 Å². The number of rotatable bonds is 0. The Bertz CT molecular complexity index is 521. The van der Waals surface area contributed by atoms with Crippen LogP contribution in [0.1, 0.15) is 11.4 Å². The highest BCUT2D eigenvalue weighted by Crippen LogP contribution is 2.20. The summed E-state index contributed by atoms with van der Waals surface area (Å²) in [5.74, 6) is 0. The van der Waals surface area contributed by atoms with Gasteiger partial charge in [-0.05, 0) is 12.1 Å². The molecular formula is C9H6N4. The average molecular weight is 170 g/mol. The minimum absolute atomic E-state index is 0.867. The molecule has 0 fully saturated rings. The molecule has 2 aromatic heterocycles. The Hall–Kier alpha value is -1.97. The number of nitrogens with zero attached hydrogens (tertiary/aromatic N) is 3. The van der Waals surface area contributed by atoms with Gasteiger partial charge in [0, 0.05) is 12.4 Å². The lowest BCUT2D eigenvalue weighted by molar-refractivity contribution is 1.10. The van der Waals surface area contributed by atoms with Crippen molar-refractivity contribution < 1.29 is 0 Å². The first-order chi connectivity index (χ1) is 6.45. The summed E-state index contributed by atoms with van der Waals surface area (Å²) in [6, 6.07) is 1.88. The van der Waals surface area contributed by atoms with Crippen molar-refractivity contribution in [1.29, 1.82) is 0 Å². The van der Waals surface area contributed by atoms with E-state index in [9.17, 15) is 0 Å². The number of aromatic amines is 1. The molecule has 0 radical (unpaired) electrons. The van der Waals surface area contributed by atoms with Gasteiger partial charge in [0.2, 0.25) is 0 Å². The lowest BCUT2D eigenvalue weighted by Crippen LogP contribution is -1.86. The monoisotopic (exact) mass is 170 g/mol. The highest BCUT2D eigenvalue weighted by Gasteiger charge is 2.08. The summed E-state index contributed by atoms with van der Waals surface area (Å²) in [6.45, 7) is 0. The number of pyridine rings is 1. The van der Waals surface area contributed by atoms with Crippen LogP contribution < -0.4 is 0 Å². The molecule has 1 N–H and O–H groups in total. The highest BCUT2D eigenvalue weighted by molar-refractivity contribution is 6.01. The predicted octanol–water partition coefficient (Wildman–Crippen LogP) is 1.36. The van der Waals surface area contributed by atoms with Crippen LogP contribution in [0.2, 0.25) is 0 Å². The molecule has 13 heavy (non-hydrogen) atoms. The summed E-state index contributed by atoms with van der Waals surface area (Å²) in [5.41, 5.74) is 2.76. The van der Waals surface area contributed by atoms with Gasteiger partial charge in [0.1, 0.15) is 0 Å². The minimum atomic E-state index is 0.867. The van der Waals surface area contributed by atoms with E-state index in [1.54, 1.807) is 18.6 Å². The van der Waals surface area contributed by atoms with E-state index >= 15 is 0 Å². The zero-order chi connectivity index (χ0) is 8.67. The fourth-order valence-corrected chi connectivity index (χ4v) is 1.46. The van der Waals surface area contributed by atoms with Crippen LogP contribution in [0, 0.1) is 0 Å². The first-order valence-electron chi connectivity index (χ1n) is 3.98. The largest absolute Gasteiger partial charge is 0.277 e. The van der Waals surface area contributed by atoms with Crippen molar-refractivity contribution in [2.45, 2.75) is 0 Å². The van der Waals surface area contributed by atoms with Gasteiger partial charge in [-0.1, -0.05) is 0 Å². The van der Waals surface area contributed by atoms with Gasteiger partial charge in [-0.15, -0.1) is 0 Å². The molecule has 62 valence electrons. The Labute approximate surface area is 74.0 Å². The minimum Gasteiger partial charge on any atom is -0.277 e. The van der Waals surface area contributed by atoms with E-state index in [4.69, 9.17) is 0 Å². The molecule has 0 amide bonds. The molecule has 0 saturated heterocycles. The maximum absolute atomic E-state index is 4.22. The van der Waals surface area contributed by atoms with Crippen LogP contribution >= 0.6 is 0 Å². The second-order valence-electron chi connectivity index (χ2n) is 2.82. The van der Waals surface area contributed by atoms with Crippen LogP contribution in [-0.2, 0) is 0 Å². The van der Waals surface area contributed by atoms with Crippen LogP contribution in [0.3, 0.4) is 0 Å². The van der Waals surface area contributed by atoms with Gasteiger partial charge in [-0.25, -0.2) is 0 Å². The highest BCUT2D eigenvalue weighted by atomic mass is 15.1. The summed E-state index contributed by atoms with van der Waals surface area (Å²) < 4.78 is 0. The van der Waals surface area contributed by atoms with E-state index in [1.165, 1.54) is 0 Å². The Balaban J connectivity index is 2.56. The first kappa shape index (κ1) is 6.54. The molecule has 0 aliphatic carbocycles. The molecule has 0 unspecified atom stereocenters. The van der Waals surface area contributed by atoms with Gasteiger partial charge in [0.05, 0.1) is 28.5 Å². The average Bonchev–Trinajstić information content (AvgIpc) is 2.44. The van der Waals surface area contributed by atoms with Crippen molar-refractivity contribution in [3.05, 3.63) is 29.9 Å². The maximum Gasteiger partial charge on any atom is 0.0964 e. The Morgan fingerprint density at radius 2 is 2.31 bits per heavy atom. The van der Waals surface area contributed by atoms with Crippen LogP contribution in [0.4, 0.5) is 0 Å². The molecule has 0 atom stereocenters. The second-order valence-corrected chi connectivity index (χ2v) is 2.82. The fraction of sp³-hybridized carbons (Fsp3) is 0. The number of hydrogen-bond donors (Lipinski definition) is 1. The first-order valence-corrected chi connectivity index (χ1v) is 3.98. The topological polar surface area (TPSA) is 53.9 Å². The van der Waals surface area contributed by atoms with E-state index in [0.29, 0.717) is 0 Å². The van der Waals surface area contributed by atoms with E-state index in [2.05, 4.69) is 20.2 Å². The summed E-state index contributed by atoms with van der Waals surface area (Å²) in [4.78, 5) is 8.29. The molecular weight excluding hydrogens is 164 g/mol. The van der Waals surface area contributed by atoms with E-state index in [0.717, 1.165) is 22.3 Å². The molecule has 0 bridgehead atoms. The Morgan fingerprint density at radius 1 is 1.31 bits per heavy atom. The molecule has 2 aromatic rings. The number of nitrogens with one attached hydrogen (secondary N) is 1. The van der Waals surface area contributed by atoms with Gasteiger partial charge in [-0.2, -0.15) is 5.10 Å². The molecule has 3 heterocycles. The summed E-state index contributed by atoms with van der Waals surface area (Å²) in [6.07, 6.45) is 7.10. The molecule has 0 aromatic carbocycles. The number of aliphatic imine (C=N–C) groups is 1. The van der Waals surface area contributed by atoms with Crippen LogP contribution in [0.15, 0.2) is 23.5 Å². The summed E-state index contributed by atoms with van der Waals surface area (Å²) >= 11 is 0. The SMILES string of the molecule is C1=Cc2[nH]nc3ccnc(c23)C=N1. The summed E-state index contributed by atoms with van der Waals surface area (Å²) in [7, 11) is 0. The lowest BCUT2D eigenvalue weighted by atomic mass is 10.2. The number of hydrogen-bond acceptors (Lipinski definition) is 3. The zero-order valence-electron chi connectivity index (χ0n) is 6.73. The molecule has 4 nitrogen and oxygen atoms in total. The van der Waals surface area contributed by atoms with Crippen molar-refractivity contribution in [2.75, 3.05) is 0 Å². The van der Waals surface area contributed by atoms with Gasteiger partial charge in [0.15, 0.2) is 0 Å². The third kappa shape index (κ3) is 0.823. The van der Waals surface area contributed by atoms with E-state index < -0.39 is 0 Å². The van der Waals surface area contributed by atoms with Crippen LogP contribution in [-0.4, -0.2) is 21.4 Å². The van der Waals surface area contributed by atoms with Gasteiger partial charge >= 0.3 is 0 Å². The molecule has 3 rings (SSSR count). The summed E-state index contributed by atoms with van der Waals surface area (Å²) in [5, 5.41) is 8.13. The molecule has 4 heteroatoms. The zero-order valence-corrected chi connectivity index (χ0v) is 6.73. The maximum atomic E-state index is 4.22.